The van der Waals surface area contributed by atoms with Crippen molar-refractivity contribution in [1.29, 1.82) is 0 Å². The van der Waals surface area contributed by atoms with Crippen molar-refractivity contribution in [3.8, 4) is 0 Å². The molecule has 0 aliphatic heterocycles. The van der Waals surface area contributed by atoms with E-state index in [4.69, 9.17) is 4.42 Å². The van der Waals surface area contributed by atoms with Crippen LogP contribution in [0.2, 0.25) is 0 Å². The second-order valence-corrected chi connectivity index (χ2v) is 7.09. The molecule has 0 unspecified atom stereocenters. The Labute approximate surface area is 169 Å². The van der Waals surface area contributed by atoms with Crippen LogP contribution in [0, 0.1) is 11.6 Å². The molecule has 1 amide bonds. The van der Waals surface area contributed by atoms with Crippen molar-refractivity contribution in [3.63, 3.8) is 0 Å². The van der Waals surface area contributed by atoms with Gasteiger partial charge in [-0.25, -0.2) is 8.78 Å². The smallest absolute Gasteiger partial charge is 0.276 e. The summed E-state index contributed by atoms with van der Waals surface area (Å²) in [7, 11) is 0. The minimum absolute atomic E-state index is 0.131. The van der Waals surface area contributed by atoms with Crippen LogP contribution in [0.3, 0.4) is 0 Å². The van der Waals surface area contributed by atoms with Crippen molar-refractivity contribution >= 4 is 28.4 Å². The molecule has 29 heavy (non-hydrogen) atoms. The van der Waals surface area contributed by atoms with Gasteiger partial charge < -0.3 is 9.73 Å². The van der Waals surface area contributed by atoms with E-state index in [0.29, 0.717) is 11.0 Å². The molecule has 1 heterocycles. The van der Waals surface area contributed by atoms with Crippen LogP contribution >= 0.6 is 11.8 Å². The molecule has 0 fully saturated rings. The number of rotatable bonds is 6. The minimum atomic E-state index is -0.931. The Balaban J connectivity index is 1.38. The Morgan fingerprint density at radius 3 is 2.52 bits per heavy atom. The van der Waals surface area contributed by atoms with Gasteiger partial charge in [-0.3, -0.25) is 4.79 Å². The Bertz CT molecular complexity index is 1150. The first kappa shape index (κ1) is 19.1. The van der Waals surface area contributed by atoms with Crippen molar-refractivity contribution in [3.05, 3.63) is 89.3 Å². The average Bonchev–Trinajstić information content (AvgIpc) is 3.18. The molecule has 0 spiro atoms. The van der Waals surface area contributed by atoms with Gasteiger partial charge in [-0.15, -0.1) is 10.2 Å². The summed E-state index contributed by atoms with van der Waals surface area (Å²) in [6, 6.07) is 17.4. The number of hydrogen-bond acceptors (Lipinski definition) is 5. The van der Waals surface area contributed by atoms with Gasteiger partial charge in [0.05, 0.1) is 6.54 Å². The van der Waals surface area contributed by atoms with Crippen LogP contribution in [0.25, 0.3) is 10.8 Å². The third kappa shape index (κ3) is 4.27. The van der Waals surface area contributed by atoms with Gasteiger partial charge in [-0.2, -0.15) is 0 Å². The van der Waals surface area contributed by atoms with E-state index >= 15 is 0 Å². The molecule has 0 atom stereocenters. The van der Waals surface area contributed by atoms with Gasteiger partial charge in [0, 0.05) is 5.75 Å². The highest BCUT2D eigenvalue weighted by molar-refractivity contribution is 7.98. The van der Waals surface area contributed by atoms with Crippen LogP contribution in [0.1, 0.15) is 21.8 Å². The number of carbonyl (C=O) groups excluding carboxylic acids is 1. The quantitative estimate of drug-likeness (QED) is 0.465. The van der Waals surface area contributed by atoms with Crippen LogP contribution in [-0.2, 0) is 12.3 Å². The number of hydrogen-bond donors (Lipinski definition) is 1. The van der Waals surface area contributed by atoms with Crippen LogP contribution < -0.4 is 5.32 Å². The van der Waals surface area contributed by atoms with Gasteiger partial charge in [0.2, 0.25) is 5.89 Å². The summed E-state index contributed by atoms with van der Waals surface area (Å²) >= 11 is 1.37. The molecular formula is C21H15F2N3O2S. The summed E-state index contributed by atoms with van der Waals surface area (Å²) in [6.07, 6.45) is 0. The van der Waals surface area contributed by atoms with E-state index in [0.717, 1.165) is 28.5 Å². The summed E-state index contributed by atoms with van der Waals surface area (Å²) in [6.45, 7) is -0.131. The maximum Gasteiger partial charge on any atom is 0.276 e. The fourth-order valence-corrected chi connectivity index (χ4v) is 3.67. The number of halogens is 2. The highest BCUT2D eigenvalue weighted by atomic mass is 32.2. The average molecular weight is 411 g/mol. The Hall–Kier alpha value is -3.26. The molecule has 4 aromatic rings. The number of fused-ring (bicyclic) bond motifs is 1. The van der Waals surface area contributed by atoms with Crippen LogP contribution in [0.4, 0.5) is 8.78 Å². The third-order valence-corrected chi connectivity index (χ3v) is 5.14. The Morgan fingerprint density at radius 2 is 1.69 bits per heavy atom. The lowest BCUT2D eigenvalue weighted by Crippen LogP contribution is -2.25. The second kappa shape index (κ2) is 8.40. The third-order valence-electron chi connectivity index (χ3n) is 4.27. The topological polar surface area (TPSA) is 68.0 Å². The molecule has 0 aliphatic carbocycles. The van der Waals surface area contributed by atoms with Gasteiger partial charge >= 0.3 is 0 Å². The SMILES string of the molecule is O=C(NCc1nnc(SCc2cccc3ccccc23)o1)c1c(F)cccc1F. The van der Waals surface area contributed by atoms with Crippen molar-refractivity contribution in [1.82, 2.24) is 15.5 Å². The molecule has 1 N–H and O–H groups in total. The number of amides is 1. The number of nitrogens with one attached hydrogen (secondary N) is 1. The molecule has 0 bridgehead atoms. The van der Waals surface area contributed by atoms with Crippen molar-refractivity contribution in [2.24, 2.45) is 0 Å². The van der Waals surface area contributed by atoms with E-state index in [1.165, 1.54) is 17.8 Å². The predicted octanol–water partition coefficient (Wildman–Crippen LogP) is 4.72. The molecule has 5 nitrogen and oxygen atoms in total. The first-order chi connectivity index (χ1) is 14.1. The first-order valence-corrected chi connectivity index (χ1v) is 9.74. The lowest BCUT2D eigenvalue weighted by Gasteiger charge is -2.05. The second-order valence-electron chi connectivity index (χ2n) is 6.17. The maximum absolute atomic E-state index is 13.6. The van der Waals surface area contributed by atoms with E-state index < -0.39 is 23.1 Å². The van der Waals surface area contributed by atoms with E-state index in [-0.39, 0.29) is 12.4 Å². The summed E-state index contributed by atoms with van der Waals surface area (Å²) in [5, 5.41) is 12.8. The zero-order valence-electron chi connectivity index (χ0n) is 15.1. The van der Waals surface area contributed by atoms with Crippen LogP contribution in [0.5, 0.6) is 0 Å². The lowest BCUT2D eigenvalue weighted by molar-refractivity contribution is 0.0938. The predicted molar refractivity (Wildman–Crippen MR) is 105 cm³/mol. The molecule has 146 valence electrons. The highest BCUT2D eigenvalue weighted by Crippen LogP contribution is 2.26. The largest absolute Gasteiger partial charge is 0.414 e. The van der Waals surface area contributed by atoms with Gasteiger partial charge in [-0.05, 0) is 28.5 Å². The standard InChI is InChI=1S/C21H15F2N3O2S/c22-16-9-4-10-17(23)19(16)20(27)24-11-18-25-26-21(28-18)29-12-14-7-3-6-13-5-1-2-8-15(13)14/h1-10H,11-12H2,(H,24,27). The lowest BCUT2D eigenvalue weighted by atomic mass is 10.1. The Morgan fingerprint density at radius 1 is 0.966 bits per heavy atom. The van der Waals surface area contributed by atoms with Gasteiger partial charge in [-0.1, -0.05) is 60.3 Å². The summed E-state index contributed by atoms with van der Waals surface area (Å²) < 4.78 is 32.8. The number of aromatic nitrogens is 2. The highest BCUT2D eigenvalue weighted by Gasteiger charge is 2.17. The van der Waals surface area contributed by atoms with Gasteiger partial charge in [0.15, 0.2) is 0 Å². The monoisotopic (exact) mass is 411 g/mol. The van der Waals surface area contributed by atoms with E-state index in [1.54, 1.807) is 0 Å². The van der Waals surface area contributed by atoms with Crippen LogP contribution in [0.15, 0.2) is 70.3 Å². The molecule has 0 saturated carbocycles. The van der Waals surface area contributed by atoms with Gasteiger partial charge in [0.25, 0.3) is 11.1 Å². The number of nitrogens with zero attached hydrogens (tertiary/aromatic N) is 2. The van der Waals surface area contributed by atoms with Crippen molar-refractivity contribution in [2.75, 3.05) is 0 Å². The molecule has 1 aromatic heterocycles. The zero-order valence-corrected chi connectivity index (χ0v) is 15.9. The number of carbonyl (C=O) groups is 1. The molecule has 0 aliphatic rings. The molecule has 8 heteroatoms. The fourth-order valence-electron chi connectivity index (χ4n) is 2.88. The zero-order chi connectivity index (χ0) is 20.2. The fraction of sp³-hybridized carbons (Fsp3) is 0.0952. The molecule has 4 rings (SSSR count). The summed E-state index contributed by atoms with van der Waals surface area (Å²) in [5.41, 5.74) is 0.494. The van der Waals surface area contributed by atoms with Crippen LogP contribution in [-0.4, -0.2) is 16.1 Å². The minimum Gasteiger partial charge on any atom is -0.414 e. The van der Waals surface area contributed by atoms with Gasteiger partial charge in [0.1, 0.15) is 17.2 Å². The first-order valence-electron chi connectivity index (χ1n) is 8.76. The maximum atomic E-state index is 13.6. The summed E-state index contributed by atoms with van der Waals surface area (Å²) in [4.78, 5) is 12.0. The van der Waals surface area contributed by atoms with Crippen molar-refractivity contribution < 1.29 is 18.0 Å². The summed E-state index contributed by atoms with van der Waals surface area (Å²) in [5.74, 6) is -1.96. The Kier molecular flexibility index (Phi) is 5.53. The normalized spacial score (nSPS) is 11.0. The van der Waals surface area contributed by atoms with E-state index in [9.17, 15) is 13.6 Å². The molecule has 0 radical (unpaired) electrons. The molecule has 0 saturated heterocycles. The van der Waals surface area contributed by atoms with E-state index in [1.807, 2.05) is 24.3 Å². The molecular weight excluding hydrogens is 396 g/mol. The van der Waals surface area contributed by atoms with E-state index in [2.05, 4.69) is 33.7 Å². The molecule has 3 aromatic carbocycles. The van der Waals surface area contributed by atoms with Crippen molar-refractivity contribution in [2.45, 2.75) is 17.5 Å². The number of benzene rings is 3. The number of thioether (sulfide) groups is 1.